The number of hydrogen-bond donors (Lipinski definition) is 2. The Bertz CT molecular complexity index is 322. The zero-order valence-electron chi connectivity index (χ0n) is 9.78. The van der Waals surface area contributed by atoms with E-state index in [2.05, 4.69) is 10.4 Å². The Balaban J connectivity index is 2.13. The third-order valence-electron chi connectivity index (χ3n) is 2.50. The van der Waals surface area contributed by atoms with Crippen LogP contribution in [0.4, 0.5) is 0 Å². The molecule has 1 rings (SSSR count). The second kappa shape index (κ2) is 7.00. The molecule has 0 saturated carbocycles. The van der Waals surface area contributed by atoms with Crippen LogP contribution in [0.25, 0.3) is 0 Å². The quantitative estimate of drug-likeness (QED) is 0.664. The summed E-state index contributed by atoms with van der Waals surface area (Å²) in [7, 11) is 1.86. The molecule has 0 atom stereocenters. The number of nitrogens with zero attached hydrogens (tertiary/aromatic N) is 2. The fourth-order valence-corrected chi connectivity index (χ4v) is 1.46. The molecule has 0 fully saturated rings. The molecule has 5 nitrogen and oxygen atoms in total. The molecule has 0 aliphatic rings. The van der Waals surface area contributed by atoms with Crippen molar-refractivity contribution in [3.63, 3.8) is 0 Å². The highest BCUT2D eigenvalue weighted by Gasteiger charge is 2.02. The van der Waals surface area contributed by atoms with Gasteiger partial charge in [0.25, 0.3) is 0 Å². The molecule has 1 aromatic heterocycles. The molecule has 1 heterocycles. The fourth-order valence-electron chi connectivity index (χ4n) is 1.46. The number of amides is 1. The highest BCUT2D eigenvalue weighted by atomic mass is 16.1. The van der Waals surface area contributed by atoms with Gasteiger partial charge in [-0.1, -0.05) is 6.42 Å². The molecule has 0 radical (unpaired) electrons. The molecule has 0 aliphatic heterocycles. The lowest BCUT2D eigenvalue weighted by atomic mass is 10.2. The van der Waals surface area contributed by atoms with Crippen molar-refractivity contribution < 1.29 is 4.79 Å². The number of nitrogens with one attached hydrogen (secondary N) is 1. The summed E-state index contributed by atoms with van der Waals surface area (Å²) in [6, 6.07) is 1.90. The van der Waals surface area contributed by atoms with Crippen molar-refractivity contribution in [2.45, 2.75) is 32.2 Å². The monoisotopic (exact) mass is 224 g/mol. The highest BCUT2D eigenvalue weighted by Crippen LogP contribution is 2.00. The zero-order valence-corrected chi connectivity index (χ0v) is 9.78. The summed E-state index contributed by atoms with van der Waals surface area (Å²) in [5, 5.41) is 6.90. The Morgan fingerprint density at radius 2 is 2.31 bits per heavy atom. The maximum Gasteiger partial charge on any atom is 0.220 e. The molecule has 1 amide bonds. The predicted molar refractivity (Wildman–Crippen MR) is 62.6 cm³/mol. The summed E-state index contributed by atoms with van der Waals surface area (Å²) >= 11 is 0. The second-order valence-electron chi connectivity index (χ2n) is 3.82. The van der Waals surface area contributed by atoms with Crippen LogP contribution in [-0.4, -0.2) is 22.2 Å². The van der Waals surface area contributed by atoms with Crippen LogP contribution in [0, 0.1) is 0 Å². The maximum absolute atomic E-state index is 11.4. The lowest BCUT2D eigenvalue weighted by Gasteiger charge is -2.05. The molecule has 3 N–H and O–H groups in total. The van der Waals surface area contributed by atoms with Crippen molar-refractivity contribution in [2.24, 2.45) is 12.8 Å². The number of hydrogen-bond acceptors (Lipinski definition) is 3. The van der Waals surface area contributed by atoms with Crippen molar-refractivity contribution in [3.8, 4) is 0 Å². The van der Waals surface area contributed by atoms with Gasteiger partial charge in [-0.2, -0.15) is 5.10 Å². The van der Waals surface area contributed by atoms with E-state index in [0.29, 0.717) is 19.5 Å². The molecule has 0 bridgehead atoms. The van der Waals surface area contributed by atoms with Crippen LogP contribution >= 0.6 is 0 Å². The Hall–Kier alpha value is -1.36. The van der Waals surface area contributed by atoms with E-state index in [-0.39, 0.29) is 5.91 Å². The number of nitrogens with two attached hydrogens (primary N) is 1. The minimum atomic E-state index is 0.0956. The summed E-state index contributed by atoms with van der Waals surface area (Å²) in [6.45, 7) is 1.25. The smallest absolute Gasteiger partial charge is 0.220 e. The molecule has 90 valence electrons. The molecule has 1 aromatic rings. The molecule has 0 aliphatic carbocycles. The largest absolute Gasteiger partial charge is 0.350 e. The first-order valence-electron chi connectivity index (χ1n) is 5.67. The van der Waals surface area contributed by atoms with Crippen molar-refractivity contribution in [1.29, 1.82) is 0 Å². The Morgan fingerprint density at radius 1 is 1.50 bits per heavy atom. The molecular formula is C11H20N4O. The van der Waals surface area contributed by atoms with Crippen molar-refractivity contribution >= 4 is 5.91 Å². The number of carbonyl (C=O) groups is 1. The zero-order chi connectivity index (χ0) is 11.8. The summed E-state index contributed by atoms with van der Waals surface area (Å²) in [5.74, 6) is 0.0956. The molecule has 0 unspecified atom stereocenters. The third kappa shape index (κ3) is 4.44. The van der Waals surface area contributed by atoms with Crippen LogP contribution in [0.2, 0.25) is 0 Å². The summed E-state index contributed by atoms with van der Waals surface area (Å²) in [4.78, 5) is 11.4. The number of aryl methyl sites for hydroxylation is 1. The minimum absolute atomic E-state index is 0.0956. The van der Waals surface area contributed by atoms with Crippen molar-refractivity contribution in [3.05, 3.63) is 18.0 Å². The van der Waals surface area contributed by atoms with Crippen LogP contribution in [0.1, 0.15) is 31.4 Å². The van der Waals surface area contributed by atoms with Gasteiger partial charge in [0.2, 0.25) is 5.91 Å². The number of aromatic nitrogens is 2. The topological polar surface area (TPSA) is 72.9 Å². The molecule has 0 saturated heterocycles. The first-order valence-corrected chi connectivity index (χ1v) is 5.67. The SMILES string of the molecule is Cn1nccc1CNC(=O)CCCCCN. The first kappa shape index (κ1) is 12.7. The van der Waals surface area contributed by atoms with Gasteiger partial charge in [0.15, 0.2) is 0 Å². The van der Waals surface area contributed by atoms with Gasteiger partial charge >= 0.3 is 0 Å². The lowest BCUT2D eigenvalue weighted by molar-refractivity contribution is -0.121. The van der Waals surface area contributed by atoms with Crippen LogP contribution in [0.15, 0.2) is 12.3 Å². The molecule has 16 heavy (non-hydrogen) atoms. The predicted octanol–water partition coefficient (Wildman–Crippen LogP) is 0.555. The van der Waals surface area contributed by atoms with Gasteiger partial charge in [0.1, 0.15) is 0 Å². The first-order chi connectivity index (χ1) is 7.74. The minimum Gasteiger partial charge on any atom is -0.350 e. The van der Waals surface area contributed by atoms with Crippen LogP contribution in [-0.2, 0) is 18.4 Å². The average molecular weight is 224 g/mol. The molecule has 0 spiro atoms. The highest BCUT2D eigenvalue weighted by molar-refractivity contribution is 5.75. The van der Waals surface area contributed by atoms with Gasteiger partial charge in [-0.3, -0.25) is 9.48 Å². The van der Waals surface area contributed by atoms with E-state index in [4.69, 9.17) is 5.73 Å². The lowest BCUT2D eigenvalue weighted by Crippen LogP contribution is -2.23. The van der Waals surface area contributed by atoms with E-state index in [1.54, 1.807) is 10.9 Å². The summed E-state index contributed by atoms with van der Waals surface area (Å²) in [5.41, 5.74) is 6.38. The third-order valence-corrected chi connectivity index (χ3v) is 2.50. The van der Waals surface area contributed by atoms with Crippen LogP contribution in [0.3, 0.4) is 0 Å². The van der Waals surface area contributed by atoms with E-state index < -0.39 is 0 Å². The summed E-state index contributed by atoms with van der Waals surface area (Å²) in [6.07, 6.45) is 5.24. The van der Waals surface area contributed by atoms with E-state index in [9.17, 15) is 4.79 Å². The molecule has 5 heteroatoms. The standard InChI is InChI=1S/C11H20N4O/c1-15-10(6-8-14-15)9-13-11(16)5-3-2-4-7-12/h6,8H,2-5,7,9,12H2,1H3,(H,13,16). The van der Waals surface area contributed by atoms with Crippen LogP contribution < -0.4 is 11.1 Å². The maximum atomic E-state index is 11.4. The van der Waals surface area contributed by atoms with E-state index in [1.807, 2.05) is 13.1 Å². The van der Waals surface area contributed by atoms with Gasteiger partial charge < -0.3 is 11.1 Å². The second-order valence-corrected chi connectivity index (χ2v) is 3.82. The normalized spacial score (nSPS) is 10.4. The Labute approximate surface area is 96.0 Å². The van der Waals surface area contributed by atoms with Crippen molar-refractivity contribution in [1.82, 2.24) is 15.1 Å². The Morgan fingerprint density at radius 3 is 2.94 bits per heavy atom. The van der Waals surface area contributed by atoms with Gasteiger partial charge in [0, 0.05) is 19.7 Å². The van der Waals surface area contributed by atoms with E-state index in [0.717, 1.165) is 25.0 Å². The van der Waals surface area contributed by atoms with Crippen molar-refractivity contribution in [2.75, 3.05) is 6.54 Å². The number of carbonyl (C=O) groups excluding carboxylic acids is 1. The van der Waals surface area contributed by atoms with Gasteiger partial charge in [-0.05, 0) is 25.5 Å². The number of unbranched alkanes of at least 4 members (excludes halogenated alkanes) is 2. The number of rotatable bonds is 7. The average Bonchev–Trinajstić information content (AvgIpc) is 2.67. The van der Waals surface area contributed by atoms with E-state index in [1.165, 1.54) is 0 Å². The molecule has 0 aromatic carbocycles. The van der Waals surface area contributed by atoms with E-state index >= 15 is 0 Å². The summed E-state index contributed by atoms with van der Waals surface area (Å²) < 4.78 is 1.76. The Kier molecular flexibility index (Phi) is 5.56. The van der Waals surface area contributed by atoms with Gasteiger partial charge in [0.05, 0.1) is 12.2 Å². The fraction of sp³-hybridized carbons (Fsp3) is 0.636. The van der Waals surface area contributed by atoms with Crippen LogP contribution in [0.5, 0.6) is 0 Å². The molecular weight excluding hydrogens is 204 g/mol. The van der Waals surface area contributed by atoms with Gasteiger partial charge in [-0.25, -0.2) is 0 Å². The van der Waals surface area contributed by atoms with Gasteiger partial charge in [-0.15, -0.1) is 0 Å².